The van der Waals surface area contributed by atoms with Gasteiger partial charge >= 0.3 is 0 Å². The first kappa shape index (κ1) is 15.4. The van der Waals surface area contributed by atoms with E-state index in [2.05, 4.69) is 31.0 Å². The first-order chi connectivity index (χ1) is 9.44. The van der Waals surface area contributed by atoms with Crippen LogP contribution in [0, 0.1) is 0 Å². The molecule has 0 bridgehead atoms. The Bertz CT molecular complexity index is 687. The van der Waals surface area contributed by atoms with Crippen molar-refractivity contribution in [2.45, 2.75) is 17.9 Å². The van der Waals surface area contributed by atoms with Crippen molar-refractivity contribution in [1.29, 1.82) is 0 Å². The SMILES string of the molecule is CNc1ncc(Br)cc1S(=O)(=O)NC(C)c1cccs1. The molecule has 8 heteroatoms. The number of sulfonamides is 1. The highest BCUT2D eigenvalue weighted by Gasteiger charge is 2.23. The summed E-state index contributed by atoms with van der Waals surface area (Å²) in [6, 6.07) is 5.03. The van der Waals surface area contributed by atoms with Crippen molar-refractivity contribution in [3.05, 3.63) is 39.1 Å². The molecule has 0 amide bonds. The van der Waals surface area contributed by atoms with E-state index in [1.54, 1.807) is 13.2 Å². The number of anilines is 1. The Kier molecular flexibility index (Phi) is 4.79. The summed E-state index contributed by atoms with van der Waals surface area (Å²) < 4.78 is 28.2. The van der Waals surface area contributed by atoms with Crippen molar-refractivity contribution in [3.8, 4) is 0 Å². The maximum Gasteiger partial charge on any atom is 0.244 e. The van der Waals surface area contributed by atoms with Gasteiger partial charge in [-0.2, -0.15) is 0 Å². The van der Waals surface area contributed by atoms with Gasteiger partial charge in [-0.3, -0.25) is 0 Å². The molecule has 2 aromatic rings. The highest BCUT2D eigenvalue weighted by Crippen LogP contribution is 2.25. The second-order valence-electron chi connectivity index (χ2n) is 4.11. The van der Waals surface area contributed by atoms with Gasteiger partial charge in [0.05, 0.1) is 6.04 Å². The van der Waals surface area contributed by atoms with Gasteiger partial charge in [-0.1, -0.05) is 6.07 Å². The van der Waals surface area contributed by atoms with E-state index in [0.29, 0.717) is 10.3 Å². The van der Waals surface area contributed by atoms with E-state index < -0.39 is 10.0 Å². The van der Waals surface area contributed by atoms with E-state index in [1.807, 2.05) is 24.4 Å². The zero-order chi connectivity index (χ0) is 14.8. The molecular weight excluding hydrogens is 362 g/mol. The van der Waals surface area contributed by atoms with E-state index in [-0.39, 0.29) is 10.9 Å². The fourth-order valence-corrected chi connectivity index (χ4v) is 4.41. The summed E-state index contributed by atoms with van der Waals surface area (Å²) in [6.45, 7) is 1.81. The maximum absolute atomic E-state index is 12.5. The zero-order valence-corrected chi connectivity index (χ0v) is 14.1. The number of nitrogens with zero attached hydrogens (tertiary/aromatic N) is 1. The van der Waals surface area contributed by atoms with Gasteiger partial charge in [-0.25, -0.2) is 18.1 Å². The molecule has 0 saturated heterocycles. The molecule has 5 nitrogen and oxygen atoms in total. The Hall–Kier alpha value is -0.960. The van der Waals surface area contributed by atoms with E-state index >= 15 is 0 Å². The summed E-state index contributed by atoms with van der Waals surface area (Å²) in [5, 5.41) is 4.70. The van der Waals surface area contributed by atoms with E-state index in [0.717, 1.165) is 4.88 Å². The molecule has 20 heavy (non-hydrogen) atoms. The lowest BCUT2D eigenvalue weighted by Crippen LogP contribution is -2.27. The number of hydrogen-bond acceptors (Lipinski definition) is 5. The number of hydrogen-bond donors (Lipinski definition) is 2. The molecule has 2 heterocycles. The predicted molar refractivity (Wildman–Crippen MR) is 84.5 cm³/mol. The van der Waals surface area contributed by atoms with Crippen molar-refractivity contribution in [3.63, 3.8) is 0 Å². The first-order valence-electron chi connectivity index (χ1n) is 5.83. The first-order valence-corrected chi connectivity index (χ1v) is 8.98. The highest BCUT2D eigenvalue weighted by atomic mass is 79.9. The molecule has 0 aliphatic heterocycles. The van der Waals surface area contributed by atoms with Crippen molar-refractivity contribution in [2.24, 2.45) is 0 Å². The summed E-state index contributed by atoms with van der Waals surface area (Å²) in [4.78, 5) is 5.14. The Morgan fingerprint density at radius 2 is 2.20 bits per heavy atom. The number of pyridine rings is 1. The van der Waals surface area contributed by atoms with Crippen LogP contribution in [-0.2, 0) is 10.0 Å². The molecule has 2 aromatic heterocycles. The van der Waals surface area contributed by atoms with Gasteiger partial charge in [0.2, 0.25) is 10.0 Å². The van der Waals surface area contributed by atoms with Gasteiger partial charge in [0.1, 0.15) is 10.7 Å². The van der Waals surface area contributed by atoms with Gasteiger partial charge in [0.25, 0.3) is 0 Å². The number of thiophene rings is 1. The Morgan fingerprint density at radius 3 is 2.80 bits per heavy atom. The Labute approximate surface area is 130 Å². The average molecular weight is 376 g/mol. The fourth-order valence-electron chi connectivity index (χ4n) is 1.71. The normalized spacial score (nSPS) is 13.2. The summed E-state index contributed by atoms with van der Waals surface area (Å²) in [5.74, 6) is 0.319. The summed E-state index contributed by atoms with van der Waals surface area (Å²) in [5.41, 5.74) is 0. The second-order valence-corrected chi connectivity index (χ2v) is 7.69. The summed E-state index contributed by atoms with van der Waals surface area (Å²) in [7, 11) is -2.01. The molecule has 0 aromatic carbocycles. The standard InChI is InChI=1S/C12H14BrN3O2S2/c1-8(10-4-3-5-19-10)16-20(17,18)11-6-9(13)7-15-12(11)14-2/h3-8,16H,1-2H3,(H,14,15). The van der Waals surface area contributed by atoms with Crippen LogP contribution >= 0.6 is 27.3 Å². The van der Waals surface area contributed by atoms with Gasteiger partial charge in [0.15, 0.2) is 0 Å². The average Bonchev–Trinajstić information content (AvgIpc) is 2.92. The molecule has 1 unspecified atom stereocenters. The molecule has 0 aliphatic rings. The van der Waals surface area contributed by atoms with Crippen LogP contribution in [-0.4, -0.2) is 20.4 Å². The van der Waals surface area contributed by atoms with Crippen molar-refractivity contribution in [2.75, 3.05) is 12.4 Å². The smallest absolute Gasteiger partial charge is 0.244 e. The third-order valence-corrected chi connectivity index (χ3v) is 5.69. The van der Waals surface area contributed by atoms with Crippen LogP contribution < -0.4 is 10.0 Å². The van der Waals surface area contributed by atoms with Crippen LogP contribution in [0.1, 0.15) is 17.8 Å². The van der Waals surface area contributed by atoms with E-state index in [1.165, 1.54) is 17.4 Å². The minimum Gasteiger partial charge on any atom is -0.372 e. The molecule has 0 radical (unpaired) electrons. The van der Waals surface area contributed by atoms with Gasteiger partial charge in [-0.15, -0.1) is 11.3 Å². The third kappa shape index (κ3) is 3.38. The lowest BCUT2D eigenvalue weighted by Gasteiger charge is -2.15. The van der Waals surface area contributed by atoms with Crippen molar-refractivity contribution in [1.82, 2.24) is 9.71 Å². The molecule has 0 spiro atoms. The molecular formula is C12H14BrN3O2S2. The van der Waals surface area contributed by atoms with Crippen LogP contribution in [0.2, 0.25) is 0 Å². The summed E-state index contributed by atoms with van der Waals surface area (Å²) >= 11 is 4.76. The molecule has 2 N–H and O–H groups in total. The molecule has 0 aliphatic carbocycles. The Morgan fingerprint density at radius 1 is 1.45 bits per heavy atom. The van der Waals surface area contributed by atoms with Gasteiger partial charge in [-0.05, 0) is 40.4 Å². The second kappa shape index (κ2) is 6.21. The van der Waals surface area contributed by atoms with E-state index in [9.17, 15) is 8.42 Å². The molecule has 0 saturated carbocycles. The fraction of sp³-hybridized carbons (Fsp3) is 0.250. The number of aromatic nitrogens is 1. The Balaban J connectivity index is 2.33. The topological polar surface area (TPSA) is 71.1 Å². The van der Waals surface area contributed by atoms with Gasteiger partial charge in [0, 0.05) is 22.6 Å². The van der Waals surface area contributed by atoms with Crippen LogP contribution in [0.15, 0.2) is 39.1 Å². The monoisotopic (exact) mass is 375 g/mol. The quantitative estimate of drug-likeness (QED) is 0.842. The maximum atomic E-state index is 12.5. The summed E-state index contributed by atoms with van der Waals surface area (Å²) in [6.07, 6.45) is 1.55. The zero-order valence-electron chi connectivity index (χ0n) is 10.9. The minimum atomic E-state index is -3.65. The lowest BCUT2D eigenvalue weighted by molar-refractivity contribution is 0.568. The number of halogens is 1. The molecule has 0 fully saturated rings. The molecule has 2 rings (SSSR count). The van der Waals surface area contributed by atoms with Crippen LogP contribution in [0.3, 0.4) is 0 Å². The minimum absolute atomic E-state index is 0.123. The third-order valence-electron chi connectivity index (χ3n) is 2.65. The van der Waals surface area contributed by atoms with Crippen LogP contribution in [0.4, 0.5) is 5.82 Å². The van der Waals surface area contributed by atoms with Gasteiger partial charge < -0.3 is 5.32 Å². The van der Waals surface area contributed by atoms with Crippen LogP contribution in [0.25, 0.3) is 0 Å². The van der Waals surface area contributed by atoms with E-state index in [4.69, 9.17) is 0 Å². The van der Waals surface area contributed by atoms with Crippen molar-refractivity contribution < 1.29 is 8.42 Å². The molecule has 1 atom stereocenters. The lowest BCUT2D eigenvalue weighted by atomic mass is 10.3. The number of rotatable bonds is 5. The largest absolute Gasteiger partial charge is 0.372 e. The molecule has 108 valence electrons. The highest BCUT2D eigenvalue weighted by molar-refractivity contribution is 9.10. The predicted octanol–water partition coefficient (Wildman–Crippen LogP) is 2.99. The van der Waals surface area contributed by atoms with Crippen LogP contribution in [0.5, 0.6) is 0 Å². The van der Waals surface area contributed by atoms with Crippen molar-refractivity contribution >= 4 is 43.1 Å². The number of nitrogens with one attached hydrogen (secondary N) is 2.